The van der Waals surface area contributed by atoms with Crippen LogP contribution in [0.3, 0.4) is 0 Å². The number of aromatic nitrogens is 2. The first-order chi connectivity index (χ1) is 11.3. The Hall–Kier alpha value is -1.99. The van der Waals surface area contributed by atoms with E-state index in [4.69, 9.17) is 0 Å². The molecule has 5 nitrogen and oxygen atoms in total. The van der Waals surface area contributed by atoms with E-state index >= 15 is 0 Å². The van der Waals surface area contributed by atoms with Crippen LogP contribution in [0.2, 0.25) is 0 Å². The summed E-state index contributed by atoms with van der Waals surface area (Å²) in [5.74, 6) is 1.13. The van der Waals surface area contributed by atoms with E-state index in [1.165, 1.54) is 0 Å². The highest BCUT2D eigenvalue weighted by molar-refractivity contribution is 7.17. The van der Waals surface area contributed by atoms with Gasteiger partial charge >= 0.3 is 0 Å². The van der Waals surface area contributed by atoms with Gasteiger partial charge in [0.1, 0.15) is 12.1 Å². The van der Waals surface area contributed by atoms with Crippen molar-refractivity contribution in [1.29, 1.82) is 0 Å². The van der Waals surface area contributed by atoms with Crippen LogP contribution in [-0.2, 0) is 0 Å². The molecule has 3 aromatic heterocycles. The molecule has 0 saturated carbocycles. The summed E-state index contributed by atoms with van der Waals surface area (Å²) < 4.78 is 1.13. The molecule has 0 bridgehead atoms. The first-order valence-electron chi connectivity index (χ1n) is 7.57. The van der Waals surface area contributed by atoms with Crippen molar-refractivity contribution in [3.05, 3.63) is 40.2 Å². The third-order valence-corrected chi connectivity index (χ3v) is 5.66. The van der Waals surface area contributed by atoms with Crippen molar-refractivity contribution >= 4 is 44.6 Å². The predicted molar refractivity (Wildman–Crippen MR) is 94.5 cm³/mol. The van der Waals surface area contributed by atoms with E-state index in [9.17, 15) is 4.79 Å². The van der Waals surface area contributed by atoms with Crippen molar-refractivity contribution in [2.45, 2.75) is 6.42 Å². The van der Waals surface area contributed by atoms with Crippen LogP contribution in [0.4, 0.5) is 5.82 Å². The second-order valence-corrected chi connectivity index (χ2v) is 7.17. The summed E-state index contributed by atoms with van der Waals surface area (Å²) in [6.07, 6.45) is 2.58. The smallest absolute Gasteiger partial charge is 0.254 e. The molecule has 0 atom stereocenters. The highest BCUT2D eigenvalue weighted by Crippen LogP contribution is 2.28. The lowest BCUT2D eigenvalue weighted by molar-refractivity contribution is 0.0767. The van der Waals surface area contributed by atoms with Gasteiger partial charge in [0.05, 0.1) is 15.8 Å². The van der Waals surface area contributed by atoms with Gasteiger partial charge in [-0.1, -0.05) is 0 Å². The van der Waals surface area contributed by atoms with E-state index in [0.717, 1.165) is 54.2 Å². The van der Waals surface area contributed by atoms with Gasteiger partial charge < -0.3 is 9.80 Å². The third-order valence-electron chi connectivity index (χ3n) is 4.08. The van der Waals surface area contributed by atoms with Crippen LogP contribution in [0.1, 0.15) is 16.8 Å². The van der Waals surface area contributed by atoms with Gasteiger partial charge in [-0.15, -0.1) is 11.3 Å². The van der Waals surface area contributed by atoms with E-state index in [-0.39, 0.29) is 5.91 Å². The molecule has 0 unspecified atom stereocenters. The molecule has 1 fully saturated rings. The fourth-order valence-corrected chi connectivity index (χ4v) is 4.39. The molecular formula is C16H16N4OS2. The second kappa shape index (κ2) is 6.25. The van der Waals surface area contributed by atoms with Crippen LogP contribution in [-0.4, -0.2) is 47.0 Å². The number of carbonyl (C=O) groups excluding carboxylic acids is 1. The maximum atomic E-state index is 12.5. The average Bonchev–Trinajstić information content (AvgIpc) is 3.21. The molecule has 0 spiro atoms. The van der Waals surface area contributed by atoms with Gasteiger partial charge in [-0.2, -0.15) is 11.3 Å². The summed E-state index contributed by atoms with van der Waals surface area (Å²) in [5.41, 5.74) is 1.79. The maximum absolute atomic E-state index is 12.5. The molecule has 118 valence electrons. The number of thiophene rings is 2. The lowest BCUT2D eigenvalue weighted by atomic mass is 10.3. The number of rotatable bonds is 2. The average molecular weight is 344 g/mol. The molecule has 0 radical (unpaired) electrons. The van der Waals surface area contributed by atoms with Crippen LogP contribution in [0.25, 0.3) is 10.2 Å². The Balaban J connectivity index is 1.53. The fraction of sp³-hybridized carbons (Fsp3) is 0.312. The van der Waals surface area contributed by atoms with Gasteiger partial charge in [0.2, 0.25) is 0 Å². The van der Waals surface area contributed by atoms with Gasteiger partial charge in [0.15, 0.2) is 0 Å². The van der Waals surface area contributed by atoms with Crippen LogP contribution < -0.4 is 4.90 Å². The molecule has 4 heterocycles. The maximum Gasteiger partial charge on any atom is 0.254 e. The molecule has 1 aliphatic rings. The second-order valence-electron chi connectivity index (χ2n) is 5.48. The highest BCUT2D eigenvalue weighted by atomic mass is 32.1. The number of amides is 1. The van der Waals surface area contributed by atoms with Crippen molar-refractivity contribution in [1.82, 2.24) is 14.9 Å². The van der Waals surface area contributed by atoms with Crippen LogP contribution >= 0.6 is 22.7 Å². The molecule has 0 N–H and O–H groups in total. The lowest BCUT2D eigenvalue weighted by Gasteiger charge is -2.23. The van der Waals surface area contributed by atoms with E-state index in [2.05, 4.69) is 14.9 Å². The van der Waals surface area contributed by atoms with Gasteiger partial charge in [-0.3, -0.25) is 4.79 Å². The minimum Gasteiger partial charge on any atom is -0.353 e. The lowest BCUT2D eigenvalue weighted by Crippen LogP contribution is -2.35. The zero-order valence-corrected chi connectivity index (χ0v) is 14.1. The standard InChI is InChI=1S/C16H16N4OS2/c21-16(12-2-8-22-10-12)20-5-1-4-19(6-7-20)15-14-13(3-9-23-14)17-11-18-15/h2-3,8-11H,1,4-7H2. The van der Waals surface area contributed by atoms with E-state index in [0.29, 0.717) is 0 Å². The summed E-state index contributed by atoms with van der Waals surface area (Å²) in [6.45, 7) is 3.24. The number of fused-ring (bicyclic) bond motifs is 1. The Kier molecular flexibility index (Phi) is 3.97. The Morgan fingerprint density at radius 2 is 2.04 bits per heavy atom. The predicted octanol–water partition coefficient (Wildman–Crippen LogP) is 3.11. The minimum absolute atomic E-state index is 0.136. The van der Waals surface area contributed by atoms with Gasteiger partial charge in [0, 0.05) is 31.6 Å². The zero-order valence-electron chi connectivity index (χ0n) is 12.5. The van der Waals surface area contributed by atoms with Crippen molar-refractivity contribution in [3.8, 4) is 0 Å². The van der Waals surface area contributed by atoms with Crippen LogP contribution in [0.15, 0.2) is 34.6 Å². The Bertz CT molecular complexity index is 814. The quantitative estimate of drug-likeness (QED) is 0.717. The number of carbonyl (C=O) groups is 1. The normalized spacial score (nSPS) is 15.8. The van der Waals surface area contributed by atoms with Gasteiger partial charge in [-0.25, -0.2) is 9.97 Å². The summed E-state index contributed by atoms with van der Waals surface area (Å²) in [4.78, 5) is 25.5. The largest absolute Gasteiger partial charge is 0.353 e. The van der Waals surface area contributed by atoms with Crippen LogP contribution in [0.5, 0.6) is 0 Å². The summed E-state index contributed by atoms with van der Waals surface area (Å²) in [5, 5.41) is 5.92. The van der Waals surface area contributed by atoms with E-state index in [1.54, 1.807) is 29.0 Å². The SMILES string of the molecule is O=C(c1ccsc1)N1CCCN(c2ncnc3ccsc23)CC1. The molecule has 4 rings (SSSR count). The number of hydrogen-bond acceptors (Lipinski definition) is 6. The molecular weight excluding hydrogens is 328 g/mol. The Morgan fingerprint density at radius 3 is 2.91 bits per heavy atom. The summed E-state index contributed by atoms with van der Waals surface area (Å²) >= 11 is 3.24. The van der Waals surface area contributed by atoms with Gasteiger partial charge in [0.25, 0.3) is 5.91 Å². The monoisotopic (exact) mass is 344 g/mol. The molecule has 1 saturated heterocycles. The van der Waals surface area contributed by atoms with E-state index < -0.39 is 0 Å². The Labute approximate surface area is 142 Å². The van der Waals surface area contributed by atoms with Crippen molar-refractivity contribution < 1.29 is 4.79 Å². The molecule has 1 aliphatic heterocycles. The number of hydrogen-bond donors (Lipinski definition) is 0. The molecule has 3 aromatic rings. The first kappa shape index (κ1) is 14.6. The minimum atomic E-state index is 0.136. The number of anilines is 1. The molecule has 23 heavy (non-hydrogen) atoms. The summed E-state index contributed by atoms with van der Waals surface area (Å²) in [6, 6.07) is 3.92. The van der Waals surface area contributed by atoms with Gasteiger partial charge in [-0.05, 0) is 29.3 Å². The zero-order chi connectivity index (χ0) is 15.6. The highest BCUT2D eigenvalue weighted by Gasteiger charge is 2.22. The Morgan fingerprint density at radius 1 is 1.09 bits per heavy atom. The molecule has 0 aromatic carbocycles. The fourth-order valence-electron chi connectivity index (χ4n) is 2.90. The van der Waals surface area contributed by atoms with Crippen LogP contribution in [0, 0.1) is 0 Å². The molecule has 1 amide bonds. The first-order valence-corrected chi connectivity index (χ1v) is 9.40. The van der Waals surface area contributed by atoms with Crippen molar-refractivity contribution in [2.24, 2.45) is 0 Å². The number of nitrogens with zero attached hydrogens (tertiary/aromatic N) is 4. The van der Waals surface area contributed by atoms with E-state index in [1.807, 2.05) is 33.2 Å². The third kappa shape index (κ3) is 2.82. The van der Waals surface area contributed by atoms with Crippen molar-refractivity contribution in [2.75, 3.05) is 31.1 Å². The van der Waals surface area contributed by atoms with Crippen molar-refractivity contribution in [3.63, 3.8) is 0 Å². The summed E-state index contributed by atoms with van der Waals surface area (Å²) in [7, 11) is 0. The molecule has 7 heteroatoms. The molecule has 0 aliphatic carbocycles. The topological polar surface area (TPSA) is 49.3 Å².